The van der Waals surface area contributed by atoms with Crippen molar-refractivity contribution >= 4 is 7.82 Å². The van der Waals surface area contributed by atoms with E-state index in [1.54, 1.807) is 0 Å². The summed E-state index contributed by atoms with van der Waals surface area (Å²) in [5.74, 6) is 0. The second-order valence-corrected chi connectivity index (χ2v) is 2.29. The highest BCUT2D eigenvalue weighted by atomic mass is 31.2. The van der Waals surface area contributed by atoms with E-state index >= 15 is 0 Å². The molecule has 0 fully saturated rings. The third-order valence-electron chi connectivity index (χ3n) is 0.377. The van der Waals surface area contributed by atoms with E-state index in [1.165, 1.54) is 0 Å². The maximum absolute atomic E-state index is 9.70. The molecule has 0 rings (SSSR count). The van der Waals surface area contributed by atoms with Gasteiger partial charge in [0.1, 0.15) is 0 Å². The van der Waals surface area contributed by atoms with Crippen molar-refractivity contribution in [3.05, 3.63) is 22.6 Å². The summed E-state index contributed by atoms with van der Waals surface area (Å²) in [7, 11) is -4.86. The third kappa shape index (κ3) is 7.09. The van der Waals surface area contributed by atoms with Crippen molar-refractivity contribution in [1.29, 1.82) is 0 Å². The topological polar surface area (TPSA) is 113 Å². The predicted molar refractivity (Wildman–Crippen MR) is 27.0 cm³/mol. The van der Waals surface area contributed by atoms with E-state index in [4.69, 9.17) is 4.89 Å². The Morgan fingerprint density at radius 1 is 1.70 bits per heavy atom. The molecule has 0 radical (unpaired) electrons. The molecular formula is C2H3NO6P-. The lowest BCUT2D eigenvalue weighted by atomic mass is 11.0. The molecule has 8 heteroatoms. The molecule has 0 aromatic carbocycles. The molecule has 0 spiro atoms. The summed E-state index contributed by atoms with van der Waals surface area (Å²) in [5, 5.41) is 9.45. The quantitative estimate of drug-likeness (QED) is 0.255. The van der Waals surface area contributed by atoms with Crippen LogP contribution in [0.15, 0.2) is 12.5 Å². The lowest BCUT2D eigenvalue weighted by molar-refractivity contribution is -0.403. The van der Waals surface area contributed by atoms with Crippen molar-refractivity contribution in [3.8, 4) is 0 Å². The molecule has 1 atom stereocenters. The first-order valence-electron chi connectivity index (χ1n) is 1.94. The average Bonchev–Trinajstić information content (AvgIpc) is 1.59. The van der Waals surface area contributed by atoms with Crippen molar-refractivity contribution in [3.63, 3.8) is 0 Å². The molecule has 0 saturated carbocycles. The fraction of sp³-hybridized carbons (Fsp3) is 0. The van der Waals surface area contributed by atoms with Gasteiger partial charge < -0.3 is 14.3 Å². The van der Waals surface area contributed by atoms with Gasteiger partial charge in [-0.05, 0) is 0 Å². The first-order valence-corrected chi connectivity index (χ1v) is 3.44. The van der Waals surface area contributed by atoms with Crippen LogP contribution in [0, 0.1) is 10.1 Å². The van der Waals surface area contributed by atoms with Gasteiger partial charge >= 0.3 is 7.82 Å². The summed E-state index contributed by atoms with van der Waals surface area (Å²) in [4.78, 5) is 26.1. The Hall–Kier alpha value is -0.910. The Morgan fingerprint density at radius 3 is 2.50 bits per heavy atom. The molecule has 7 nitrogen and oxygen atoms in total. The van der Waals surface area contributed by atoms with Crippen molar-refractivity contribution in [2.75, 3.05) is 0 Å². The summed E-state index contributed by atoms with van der Waals surface area (Å²) < 4.78 is 13.2. The van der Waals surface area contributed by atoms with Crippen molar-refractivity contribution in [2.24, 2.45) is 0 Å². The summed E-state index contributed by atoms with van der Waals surface area (Å²) >= 11 is 0. The highest BCUT2D eigenvalue weighted by Crippen LogP contribution is 2.30. The SMILES string of the molecule is O=[N+]([O-])C=COP(=O)([O-])O. The molecule has 0 aliphatic heterocycles. The maximum atomic E-state index is 9.70. The molecule has 58 valence electrons. The van der Waals surface area contributed by atoms with Crippen LogP contribution in [-0.4, -0.2) is 9.82 Å². The average molecular weight is 168 g/mol. The zero-order chi connectivity index (χ0) is 8.20. The predicted octanol–water partition coefficient (Wildman–Crippen LogP) is -0.788. The fourth-order valence-electron chi connectivity index (χ4n) is 0.154. The molecule has 10 heavy (non-hydrogen) atoms. The van der Waals surface area contributed by atoms with Gasteiger partial charge in [0.05, 0.1) is 4.92 Å². The minimum atomic E-state index is -4.86. The van der Waals surface area contributed by atoms with Gasteiger partial charge in [-0.1, -0.05) is 0 Å². The van der Waals surface area contributed by atoms with Gasteiger partial charge in [-0.25, -0.2) is 0 Å². The van der Waals surface area contributed by atoms with Gasteiger partial charge in [0.25, 0.3) is 6.20 Å². The monoisotopic (exact) mass is 168 g/mol. The fourth-order valence-corrected chi connectivity index (χ4v) is 0.362. The maximum Gasteiger partial charge on any atom is 0.316 e. The third-order valence-corrected chi connectivity index (χ3v) is 0.765. The number of rotatable bonds is 3. The highest BCUT2D eigenvalue weighted by molar-refractivity contribution is 7.44. The standard InChI is InChI=1S/C2H4NO6P/c4-3(5)1-2-9-10(6,7)8/h1-2H,(H2,6,7,8)/p-1. The summed E-state index contributed by atoms with van der Waals surface area (Å²) in [5.41, 5.74) is 0. The van der Waals surface area contributed by atoms with Crippen LogP contribution >= 0.6 is 7.82 Å². The molecule has 0 aliphatic carbocycles. The Kier molecular flexibility index (Phi) is 3.01. The molecule has 0 aromatic heterocycles. The number of nitrogens with zero attached hydrogens (tertiary/aromatic N) is 1. The highest BCUT2D eigenvalue weighted by Gasteiger charge is 1.97. The van der Waals surface area contributed by atoms with E-state index in [0.717, 1.165) is 0 Å². The number of hydrogen-bond donors (Lipinski definition) is 1. The second-order valence-electron chi connectivity index (χ2n) is 1.14. The Labute approximate surface area is 55.3 Å². The zero-order valence-corrected chi connectivity index (χ0v) is 5.43. The zero-order valence-electron chi connectivity index (χ0n) is 4.54. The van der Waals surface area contributed by atoms with Crippen LogP contribution in [-0.2, 0) is 9.09 Å². The van der Waals surface area contributed by atoms with Crippen molar-refractivity contribution in [2.45, 2.75) is 0 Å². The van der Waals surface area contributed by atoms with Crippen LogP contribution in [0.1, 0.15) is 0 Å². The normalized spacial score (nSPS) is 16.6. The van der Waals surface area contributed by atoms with Gasteiger partial charge in [-0.2, -0.15) is 0 Å². The van der Waals surface area contributed by atoms with Crippen LogP contribution in [0.2, 0.25) is 0 Å². The number of phosphoric acid groups is 1. The molecule has 0 bridgehead atoms. The number of hydrogen-bond acceptors (Lipinski definition) is 5. The molecule has 1 N–H and O–H groups in total. The van der Waals surface area contributed by atoms with Crippen LogP contribution in [0.5, 0.6) is 0 Å². The van der Waals surface area contributed by atoms with Gasteiger partial charge in [0.15, 0.2) is 6.26 Å². The Bertz CT molecular complexity index is 192. The molecule has 0 amide bonds. The van der Waals surface area contributed by atoms with Gasteiger partial charge in [0.2, 0.25) is 0 Å². The Morgan fingerprint density at radius 2 is 2.20 bits per heavy atom. The first-order chi connectivity index (χ1) is 4.42. The van der Waals surface area contributed by atoms with E-state index in [2.05, 4.69) is 4.52 Å². The lowest BCUT2D eigenvalue weighted by Crippen LogP contribution is -1.99. The molecule has 0 aliphatic rings. The minimum absolute atomic E-state index is 0.237. The number of nitro groups is 1. The van der Waals surface area contributed by atoms with Gasteiger partial charge in [-0.15, -0.1) is 0 Å². The van der Waals surface area contributed by atoms with E-state index in [9.17, 15) is 19.6 Å². The van der Waals surface area contributed by atoms with E-state index in [1.807, 2.05) is 0 Å². The minimum Gasteiger partial charge on any atom is -0.746 e. The van der Waals surface area contributed by atoms with Crippen LogP contribution < -0.4 is 4.89 Å². The summed E-state index contributed by atoms with van der Waals surface area (Å²) in [6.07, 6.45) is 0.495. The molecular weight excluding hydrogens is 165 g/mol. The van der Waals surface area contributed by atoms with Gasteiger partial charge in [-0.3, -0.25) is 14.7 Å². The molecule has 1 unspecified atom stereocenters. The van der Waals surface area contributed by atoms with E-state index in [-0.39, 0.29) is 12.5 Å². The van der Waals surface area contributed by atoms with Crippen LogP contribution in [0.25, 0.3) is 0 Å². The lowest BCUT2D eigenvalue weighted by Gasteiger charge is -2.11. The first kappa shape index (κ1) is 9.09. The number of phosphoric ester groups is 1. The molecule has 0 aromatic rings. The van der Waals surface area contributed by atoms with E-state index in [0.29, 0.717) is 0 Å². The van der Waals surface area contributed by atoms with E-state index < -0.39 is 12.7 Å². The smallest absolute Gasteiger partial charge is 0.316 e. The second kappa shape index (κ2) is 3.31. The van der Waals surface area contributed by atoms with Crippen molar-refractivity contribution in [1.82, 2.24) is 0 Å². The molecule has 0 heterocycles. The van der Waals surface area contributed by atoms with Gasteiger partial charge in [0, 0.05) is 0 Å². The van der Waals surface area contributed by atoms with Crippen LogP contribution in [0.4, 0.5) is 0 Å². The Balaban J connectivity index is 3.76. The molecule has 0 saturated heterocycles. The summed E-state index contributed by atoms with van der Waals surface area (Å²) in [6.45, 7) is 0. The summed E-state index contributed by atoms with van der Waals surface area (Å²) in [6, 6.07) is 0. The van der Waals surface area contributed by atoms with Crippen LogP contribution in [0.3, 0.4) is 0 Å². The van der Waals surface area contributed by atoms with Crippen molar-refractivity contribution < 1.29 is 23.8 Å². The largest absolute Gasteiger partial charge is 0.746 e.